The zero-order chi connectivity index (χ0) is 17.8. The molecule has 0 saturated carbocycles. The summed E-state index contributed by atoms with van der Waals surface area (Å²) >= 11 is 0. The second-order valence-electron chi connectivity index (χ2n) is 5.80. The molecule has 6 heteroatoms. The highest BCUT2D eigenvalue weighted by Crippen LogP contribution is 2.18. The van der Waals surface area contributed by atoms with E-state index in [1.54, 1.807) is 30.1 Å². The third kappa shape index (κ3) is 3.68. The molecule has 0 bridgehead atoms. The molecule has 1 atom stereocenters. The fourth-order valence-electron chi connectivity index (χ4n) is 2.55. The standard InChI is InChI=1S/C19H20N4O2/c1-13-12-20-22-23(13)17-8-4-16(5-9-17)19(24)21-14(2)15-6-10-18(25-3)11-7-15/h4-12,14H,1-3H3,(H,21,24). The molecule has 3 rings (SSSR count). The van der Waals surface area contributed by atoms with Gasteiger partial charge in [-0.05, 0) is 55.8 Å². The molecule has 0 aliphatic rings. The number of nitrogens with zero attached hydrogens (tertiary/aromatic N) is 3. The Morgan fingerprint density at radius 1 is 1.12 bits per heavy atom. The number of methoxy groups -OCH3 is 1. The number of amides is 1. The lowest BCUT2D eigenvalue weighted by molar-refractivity contribution is 0.0940. The molecule has 1 N–H and O–H groups in total. The Hall–Kier alpha value is -3.15. The highest BCUT2D eigenvalue weighted by molar-refractivity contribution is 5.94. The maximum absolute atomic E-state index is 12.4. The molecule has 0 fully saturated rings. The van der Waals surface area contributed by atoms with Crippen LogP contribution in [0.5, 0.6) is 5.75 Å². The summed E-state index contributed by atoms with van der Waals surface area (Å²) in [6.07, 6.45) is 1.69. The number of benzene rings is 2. The lowest BCUT2D eigenvalue weighted by Gasteiger charge is -2.15. The van der Waals surface area contributed by atoms with Crippen LogP contribution in [-0.4, -0.2) is 28.0 Å². The van der Waals surface area contributed by atoms with Crippen molar-refractivity contribution in [2.75, 3.05) is 7.11 Å². The predicted octanol–water partition coefficient (Wildman–Crippen LogP) is 3.08. The maximum atomic E-state index is 12.4. The van der Waals surface area contributed by atoms with Gasteiger partial charge in [-0.1, -0.05) is 17.3 Å². The Morgan fingerprint density at radius 2 is 1.80 bits per heavy atom. The molecule has 2 aromatic carbocycles. The summed E-state index contributed by atoms with van der Waals surface area (Å²) in [5.74, 6) is 0.673. The fourth-order valence-corrected chi connectivity index (χ4v) is 2.55. The SMILES string of the molecule is COc1ccc(C(C)NC(=O)c2ccc(-n3nncc3C)cc2)cc1. The van der Waals surface area contributed by atoms with Gasteiger partial charge in [-0.3, -0.25) is 4.79 Å². The van der Waals surface area contributed by atoms with Crippen LogP contribution in [0.1, 0.15) is 34.6 Å². The van der Waals surface area contributed by atoms with Gasteiger partial charge in [0.2, 0.25) is 0 Å². The zero-order valence-corrected chi connectivity index (χ0v) is 14.4. The summed E-state index contributed by atoms with van der Waals surface area (Å²) in [6, 6.07) is 14.8. The Kier molecular flexibility index (Phi) is 4.79. The zero-order valence-electron chi connectivity index (χ0n) is 14.4. The number of nitrogens with one attached hydrogen (secondary N) is 1. The van der Waals surface area contributed by atoms with Crippen LogP contribution in [0.3, 0.4) is 0 Å². The number of ether oxygens (including phenoxy) is 1. The molecular formula is C19H20N4O2. The summed E-state index contributed by atoms with van der Waals surface area (Å²) in [5, 5.41) is 10.9. The Balaban J connectivity index is 1.69. The van der Waals surface area contributed by atoms with Crippen LogP contribution in [0.4, 0.5) is 0 Å². The summed E-state index contributed by atoms with van der Waals surface area (Å²) in [7, 11) is 1.63. The van der Waals surface area contributed by atoms with Crippen molar-refractivity contribution in [1.29, 1.82) is 0 Å². The van der Waals surface area contributed by atoms with Crippen molar-refractivity contribution in [2.24, 2.45) is 0 Å². The topological polar surface area (TPSA) is 69.0 Å². The van der Waals surface area contributed by atoms with Crippen molar-refractivity contribution in [3.8, 4) is 11.4 Å². The van der Waals surface area contributed by atoms with Crippen LogP contribution in [0.15, 0.2) is 54.7 Å². The summed E-state index contributed by atoms with van der Waals surface area (Å²) in [5.41, 5.74) is 3.42. The van der Waals surface area contributed by atoms with Crippen LogP contribution < -0.4 is 10.1 Å². The van der Waals surface area contributed by atoms with Gasteiger partial charge in [0.15, 0.2) is 0 Å². The molecule has 6 nitrogen and oxygen atoms in total. The van der Waals surface area contributed by atoms with Crippen molar-refractivity contribution in [2.45, 2.75) is 19.9 Å². The lowest BCUT2D eigenvalue weighted by Crippen LogP contribution is -2.26. The number of hydrogen-bond acceptors (Lipinski definition) is 4. The minimum absolute atomic E-state index is 0.101. The fraction of sp³-hybridized carbons (Fsp3) is 0.211. The van der Waals surface area contributed by atoms with Gasteiger partial charge in [-0.15, -0.1) is 5.10 Å². The van der Waals surface area contributed by atoms with Crippen LogP contribution >= 0.6 is 0 Å². The molecule has 3 aromatic rings. The van der Waals surface area contributed by atoms with Gasteiger partial charge in [0.25, 0.3) is 5.91 Å². The smallest absolute Gasteiger partial charge is 0.251 e. The maximum Gasteiger partial charge on any atom is 0.251 e. The van der Waals surface area contributed by atoms with E-state index in [1.807, 2.05) is 50.2 Å². The molecule has 0 radical (unpaired) electrons. The molecule has 0 aliphatic carbocycles. The van der Waals surface area contributed by atoms with Crippen LogP contribution in [-0.2, 0) is 0 Å². The number of hydrogen-bond donors (Lipinski definition) is 1. The first-order valence-electron chi connectivity index (χ1n) is 8.01. The van der Waals surface area contributed by atoms with E-state index in [0.29, 0.717) is 5.56 Å². The molecule has 128 valence electrons. The third-order valence-electron chi connectivity index (χ3n) is 4.06. The second-order valence-corrected chi connectivity index (χ2v) is 5.80. The molecule has 1 amide bonds. The molecular weight excluding hydrogens is 316 g/mol. The first-order chi connectivity index (χ1) is 12.1. The molecule has 0 saturated heterocycles. The van der Waals surface area contributed by atoms with Gasteiger partial charge in [-0.25, -0.2) is 4.68 Å². The van der Waals surface area contributed by atoms with Crippen molar-refractivity contribution < 1.29 is 9.53 Å². The predicted molar refractivity (Wildman–Crippen MR) is 95.0 cm³/mol. The van der Waals surface area contributed by atoms with E-state index in [4.69, 9.17) is 4.74 Å². The molecule has 25 heavy (non-hydrogen) atoms. The summed E-state index contributed by atoms with van der Waals surface area (Å²) in [6.45, 7) is 3.88. The van der Waals surface area contributed by atoms with E-state index < -0.39 is 0 Å². The normalized spacial score (nSPS) is 11.8. The third-order valence-corrected chi connectivity index (χ3v) is 4.06. The van der Waals surface area contributed by atoms with E-state index in [-0.39, 0.29) is 11.9 Å². The van der Waals surface area contributed by atoms with E-state index in [0.717, 1.165) is 22.7 Å². The second kappa shape index (κ2) is 7.17. The first kappa shape index (κ1) is 16.7. The number of rotatable bonds is 5. The summed E-state index contributed by atoms with van der Waals surface area (Å²) in [4.78, 5) is 12.4. The van der Waals surface area contributed by atoms with Gasteiger partial charge in [0.1, 0.15) is 5.75 Å². The van der Waals surface area contributed by atoms with E-state index >= 15 is 0 Å². The largest absolute Gasteiger partial charge is 0.497 e. The molecule has 1 aromatic heterocycles. The number of carbonyl (C=O) groups is 1. The van der Waals surface area contributed by atoms with Gasteiger partial charge in [0, 0.05) is 5.56 Å². The minimum Gasteiger partial charge on any atom is -0.497 e. The number of aromatic nitrogens is 3. The van der Waals surface area contributed by atoms with Gasteiger partial charge in [-0.2, -0.15) is 0 Å². The highest BCUT2D eigenvalue weighted by atomic mass is 16.5. The number of aryl methyl sites for hydroxylation is 1. The lowest BCUT2D eigenvalue weighted by atomic mass is 10.1. The molecule has 1 unspecified atom stereocenters. The molecule has 0 spiro atoms. The van der Waals surface area contributed by atoms with Gasteiger partial charge < -0.3 is 10.1 Å². The molecule has 1 heterocycles. The Morgan fingerprint density at radius 3 is 2.36 bits per heavy atom. The average Bonchev–Trinajstić information content (AvgIpc) is 3.07. The quantitative estimate of drug-likeness (QED) is 0.777. The van der Waals surface area contributed by atoms with Gasteiger partial charge in [0.05, 0.1) is 30.7 Å². The number of carbonyl (C=O) groups excluding carboxylic acids is 1. The monoisotopic (exact) mass is 336 g/mol. The Labute approximate surface area is 146 Å². The minimum atomic E-state index is -0.120. The summed E-state index contributed by atoms with van der Waals surface area (Å²) < 4.78 is 6.87. The van der Waals surface area contributed by atoms with Crippen molar-refractivity contribution in [3.63, 3.8) is 0 Å². The van der Waals surface area contributed by atoms with Gasteiger partial charge >= 0.3 is 0 Å². The van der Waals surface area contributed by atoms with Crippen LogP contribution in [0.2, 0.25) is 0 Å². The van der Waals surface area contributed by atoms with Crippen LogP contribution in [0.25, 0.3) is 5.69 Å². The van der Waals surface area contributed by atoms with Crippen molar-refractivity contribution >= 4 is 5.91 Å². The average molecular weight is 336 g/mol. The van der Waals surface area contributed by atoms with Crippen molar-refractivity contribution in [1.82, 2.24) is 20.3 Å². The van der Waals surface area contributed by atoms with Crippen molar-refractivity contribution in [3.05, 3.63) is 71.5 Å². The van der Waals surface area contributed by atoms with E-state index in [1.165, 1.54) is 0 Å². The first-order valence-corrected chi connectivity index (χ1v) is 8.01. The van der Waals surface area contributed by atoms with E-state index in [9.17, 15) is 4.79 Å². The van der Waals surface area contributed by atoms with Crippen LogP contribution in [0, 0.1) is 6.92 Å². The Bertz CT molecular complexity index is 854. The molecule has 0 aliphatic heterocycles. The van der Waals surface area contributed by atoms with E-state index in [2.05, 4.69) is 15.6 Å². The highest BCUT2D eigenvalue weighted by Gasteiger charge is 2.12.